The van der Waals surface area contributed by atoms with Gasteiger partial charge in [-0.25, -0.2) is 5.32 Å². The zero-order valence-electron chi connectivity index (χ0n) is 6.55. The highest BCUT2D eigenvalue weighted by Crippen LogP contribution is 1.95. The Kier molecular flexibility index (Phi) is 3.26. The van der Waals surface area contributed by atoms with Crippen molar-refractivity contribution in [3.8, 4) is 0 Å². The molecule has 0 saturated carbocycles. The zero-order valence-corrected chi connectivity index (χ0v) is 6.55. The van der Waals surface area contributed by atoms with Gasteiger partial charge in [-0.1, -0.05) is 6.08 Å². The summed E-state index contributed by atoms with van der Waals surface area (Å²) in [6, 6.07) is -0.123. The van der Waals surface area contributed by atoms with Gasteiger partial charge in [-0.15, -0.1) is 6.58 Å². The summed E-state index contributed by atoms with van der Waals surface area (Å²) in [6.45, 7) is 5.87. The van der Waals surface area contributed by atoms with E-state index >= 15 is 0 Å². The van der Waals surface area contributed by atoms with E-state index in [0.29, 0.717) is 13.0 Å². The molecule has 1 saturated heterocycles. The van der Waals surface area contributed by atoms with Gasteiger partial charge in [0.15, 0.2) is 5.78 Å². The van der Waals surface area contributed by atoms with Crippen LogP contribution in [0.3, 0.4) is 0 Å². The molecule has 1 rings (SSSR count). The maximum absolute atomic E-state index is 11.2. The third-order valence-corrected chi connectivity index (χ3v) is 1.69. The Balaban J connectivity index is 2.32. The Labute approximate surface area is 66.9 Å². The van der Waals surface area contributed by atoms with Crippen LogP contribution in [-0.4, -0.2) is 31.5 Å². The Morgan fingerprint density at radius 2 is 2.64 bits per heavy atom. The minimum absolute atomic E-state index is 0.123. The highest BCUT2D eigenvalue weighted by Gasteiger charge is 2.19. The molecule has 0 aromatic rings. The standard InChI is InChI=1S/C8H13N2O/c1-2-3-8(11)7-6-9-4-5-10-7/h2,7,9H,1,3-6H2. The van der Waals surface area contributed by atoms with E-state index in [1.807, 2.05) is 0 Å². The van der Waals surface area contributed by atoms with Gasteiger partial charge in [0.25, 0.3) is 0 Å². The lowest BCUT2D eigenvalue weighted by atomic mass is 10.1. The zero-order chi connectivity index (χ0) is 8.10. The molecule has 1 N–H and O–H groups in total. The van der Waals surface area contributed by atoms with Gasteiger partial charge >= 0.3 is 0 Å². The van der Waals surface area contributed by atoms with Crippen LogP contribution in [0.1, 0.15) is 6.42 Å². The van der Waals surface area contributed by atoms with Gasteiger partial charge in [0.1, 0.15) is 0 Å². The molecule has 1 aliphatic rings. The predicted octanol–water partition coefficient (Wildman–Crippen LogP) is -0.292. The molecule has 1 atom stereocenters. The normalized spacial score (nSPS) is 24.5. The average Bonchev–Trinajstić information content (AvgIpc) is 2.07. The summed E-state index contributed by atoms with van der Waals surface area (Å²) in [5.41, 5.74) is 0. The summed E-state index contributed by atoms with van der Waals surface area (Å²) in [7, 11) is 0. The number of piperazine rings is 1. The fraction of sp³-hybridized carbons (Fsp3) is 0.625. The number of hydrogen-bond donors (Lipinski definition) is 1. The number of ketones is 1. The van der Waals surface area contributed by atoms with E-state index in [4.69, 9.17) is 0 Å². The molecule has 11 heavy (non-hydrogen) atoms. The maximum atomic E-state index is 11.2. The third kappa shape index (κ3) is 2.44. The molecular weight excluding hydrogens is 140 g/mol. The van der Waals surface area contributed by atoms with Gasteiger partial charge in [-0.3, -0.25) is 4.79 Å². The maximum Gasteiger partial charge on any atom is 0.156 e. The molecule has 0 spiro atoms. The van der Waals surface area contributed by atoms with Gasteiger partial charge in [-0.05, 0) is 0 Å². The van der Waals surface area contributed by atoms with Crippen LogP contribution in [0.5, 0.6) is 0 Å². The first-order chi connectivity index (χ1) is 5.34. The highest BCUT2D eigenvalue weighted by molar-refractivity contribution is 5.85. The Morgan fingerprint density at radius 3 is 3.18 bits per heavy atom. The van der Waals surface area contributed by atoms with Crippen LogP contribution in [0.4, 0.5) is 0 Å². The fourth-order valence-electron chi connectivity index (χ4n) is 1.10. The van der Waals surface area contributed by atoms with Gasteiger partial charge in [0.05, 0.1) is 6.04 Å². The van der Waals surface area contributed by atoms with Gasteiger partial charge < -0.3 is 5.32 Å². The lowest BCUT2D eigenvalue weighted by Crippen LogP contribution is -2.48. The third-order valence-electron chi connectivity index (χ3n) is 1.69. The monoisotopic (exact) mass is 153 g/mol. The van der Waals surface area contributed by atoms with Crippen molar-refractivity contribution in [2.75, 3.05) is 19.6 Å². The second-order valence-corrected chi connectivity index (χ2v) is 2.59. The van der Waals surface area contributed by atoms with E-state index in [-0.39, 0.29) is 11.8 Å². The van der Waals surface area contributed by atoms with Gasteiger partial charge in [0, 0.05) is 26.1 Å². The molecule has 1 heterocycles. The molecule has 3 heteroatoms. The fourth-order valence-corrected chi connectivity index (χ4v) is 1.10. The molecule has 0 bridgehead atoms. The highest BCUT2D eigenvalue weighted by atomic mass is 16.1. The summed E-state index contributed by atoms with van der Waals surface area (Å²) in [4.78, 5) is 11.2. The smallest absolute Gasteiger partial charge is 0.156 e. The van der Waals surface area contributed by atoms with Crippen LogP contribution < -0.4 is 10.6 Å². The van der Waals surface area contributed by atoms with E-state index in [0.717, 1.165) is 13.1 Å². The molecule has 61 valence electrons. The van der Waals surface area contributed by atoms with Crippen LogP contribution in [-0.2, 0) is 4.79 Å². The van der Waals surface area contributed by atoms with E-state index in [9.17, 15) is 4.79 Å². The van der Waals surface area contributed by atoms with Crippen LogP contribution in [0.2, 0.25) is 0 Å². The predicted molar refractivity (Wildman–Crippen MR) is 43.5 cm³/mol. The average molecular weight is 153 g/mol. The SMILES string of the molecule is C=CCC(=O)C1CNCC[N]1. The molecule has 1 fully saturated rings. The number of hydrogen-bond acceptors (Lipinski definition) is 2. The summed E-state index contributed by atoms with van der Waals surface area (Å²) >= 11 is 0. The summed E-state index contributed by atoms with van der Waals surface area (Å²) in [5.74, 6) is 0.173. The van der Waals surface area contributed by atoms with Crippen LogP contribution >= 0.6 is 0 Å². The Hall–Kier alpha value is -0.670. The van der Waals surface area contributed by atoms with Crippen LogP contribution in [0.25, 0.3) is 0 Å². The van der Waals surface area contributed by atoms with Crippen LogP contribution in [0.15, 0.2) is 12.7 Å². The summed E-state index contributed by atoms with van der Waals surface area (Å²) in [5, 5.41) is 7.31. The first-order valence-electron chi connectivity index (χ1n) is 3.85. The van der Waals surface area contributed by atoms with Crippen molar-refractivity contribution in [1.29, 1.82) is 0 Å². The molecule has 1 unspecified atom stereocenters. The van der Waals surface area contributed by atoms with Crippen molar-refractivity contribution >= 4 is 5.78 Å². The van der Waals surface area contributed by atoms with Crippen molar-refractivity contribution in [2.45, 2.75) is 12.5 Å². The quantitative estimate of drug-likeness (QED) is 0.566. The van der Waals surface area contributed by atoms with E-state index in [2.05, 4.69) is 17.2 Å². The molecule has 3 nitrogen and oxygen atoms in total. The first-order valence-corrected chi connectivity index (χ1v) is 3.85. The Bertz CT molecular complexity index is 150. The minimum Gasteiger partial charge on any atom is -0.313 e. The molecule has 1 radical (unpaired) electrons. The number of Topliss-reactive ketones (excluding diaryl/α,β-unsaturated/α-hetero) is 1. The number of allylic oxidation sites excluding steroid dienone is 1. The van der Waals surface area contributed by atoms with Gasteiger partial charge in [-0.2, -0.15) is 0 Å². The van der Waals surface area contributed by atoms with Gasteiger partial charge in [0.2, 0.25) is 0 Å². The Morgan fingerprint density at radius 1 is 1.82 bits per heavy atom. The second kappa shape index (κ2) is 4.26. The molecule has 1 aliphatic heterocycles. The van der Waals surface area contributed by atoms with Crippen molar-refractivity contribution in [1.82, 2.24) is 10.6 Å². The van der Waals surface area contributed by atoms with E-state index in [1.54, 1.807) is 6.08 Å². The molecule has 0 aromatic carbocycles. The van der Waals surface area contributed by atoms with Crippen molar-refractivity contribution in [3.63, 3.8) is 0 Å². The van der Waals surface area contributed by atoms with Crippen molar-refractivity contribution < 1.29 is 4.79 Å². The number of carbonyl (C=O) groups is 1. The summed E-state index contributed by atoms with van der Waals surface area (Å²) in [6.07, 6.45) is 2.07. The lowest BCUT2D eigenvalue weighted by Gasteiger charge is -2.20. The first kappa shape index (κ1) is 8.43. The van der Waals surface area contributed by atoms with E-state index < -0.39 is 0 Å². The second-order valence-electron chi connectivity index (χ2n) is 2.59. The largest absolute Gasteiger partial charge is 0.313 e. The number of rotatable bonds is 3. The molecular formula is C8H13N2O. The summed E-state index contributed by atoms with van der Waals surface area (Å²) < 4.78 is 0. The topological polar surface area (TPSA) is 43.2 Å². The molecule has 0 aliphatic carbocycles. The molecule has 0 aromatic heterocycles. The minimum atomic E-state index is -0.123. The number of carbonyl (C=O) groups excluding carboxylic acids is 1. The lowest BCUT2D eigenvalue weighted by molar-refractivity contribution is -0.120. The van der Waals surface area contributed by atoms with Crippen molar-refractivity contribution in [2.24, 2.45) is 0 Å². The number of nitrogens with zero attached hydrogens (tertiary/aromatic N) is 1. The van der Waals surface area contributed by atoms with Crippen molar-refractivity contribution in [3.05, 3.63) is 12.7 Å². The van der Waals surface area contributed by atoms with E-state index in [1.165, 1.54) is 0 Å². The number of nitrogens with one attached hydrogen (secondary N) is 1. The van der Waals surface area contributed by atoms with Crippen LogP contribution in [0, 0.1) is 0 Å². The molecule has 0 amide bonds.